The first-order valence-electron chi connectivity index (χ1n) is 3.25. The molecule has 0 unspecified atom stereocenters. The van der Waals surface area contributed by atoms with Crippen LogP contribution in [0.4, 0.5) is 8.78 Å². The Balaban J connectivity index is 3.11. The van der Waals surface area contributed by atoms with Crippen molar-refractivity contribution in [1.29, 1.82) is 0 Å². The Morgan fingerprint density at radius 3 is 2.25 bits per heavy atom. The van der Waals surface area contributed by atoms with Crippen LogP contribution in [0.2, 0.25) is 0 Å². The summed E-state index contributed by atoms with van der Waals surface area (Å²) in [5, 5.41) is 8.66. The highest BCUT2D eigenvalue weighted by Gasteiger charge is 2.08. The van der Waals surface area contributed by atoms with Crippen LogP contribution in [-0.2, 0) is 11.2 Å². The fourth-order valence-corrected chi connectivity index (χ4v) is 0.832. The Bertz CT molecular complexity index is 287. The van der Waals surface area contributed by atoms with Crippen molar-refractivity contribution in [2.24, 2.45) is 0 Å². The number of phenols is 1. The van der Waals surface area contributed by atoms with E-state index in [-0.39, 0.29) is 12.0 Å². The second-order valence-electron chi connectivity index (χ2n) is 2.28. The molecule has 0 saturated heterocycles. The number of aromatic hydroxyl groups is 1. The average Bonchev–Trinajstić information content (AvgIpc) is 2.01. The minimum Gasteiger partial charge on any atom is -0.503 e. The average molecular weight is 172 g/mol. The molecule has 0 aliphatic rings. The highest BCUT2D eigenvalue weighted by molar-refractivity contribution is 5.55. The largest absolute Gasteiger partial charge is 0.503 e. The molecule has 0 atom stereocenters. The van der Waals surface area contributed by atoms with Crippen LogP contribution >= 0.6 is 0 Å². The maximum absolute atomic E-state index is 12.6. The Morgan fingerprint density at radius 1 is 1.33 bits per heavy atom. The van der Waals surface area contributed by atoms with Crippen LogP contribution in [0.5, 0.6) is 5.75 Å². The quantitative estimate of drug-likeness (QED) is 0.685. The number of aldehydes is 1. The van der Waals surface area contributed by atoms with Gasteiger partial charge in [-0.3, -0.25) is 0 Å². The molecule has 0 aromatic heterocycles. The van der Waals surface area contributed by atoms with Crippen LogP contribution in [0.1, 0.15) is 5.56 Å². The normalized spacial score (nSPS) is 9.83. The van der Waals surface area contributed by atoms with E-state index in [0.29, 0.717) is 6.29 Å². The van der Waals surface area contributed by atoms with E-state index in [1.807, 2.05) is 0 Å². The molecule has 0 fully saturated rings. The third-order valence-electron chi connectivity index (χ3n) is 1.40. The lowest BCUT2D eigenvalue weighted by molar-refractivity contribution is -0.107. The molecule has 12 heavy (non-hydrogen) atoms. The van der Waals surface area contributed by atoms with Crippen LogP contribution in [0.25, 0.3) is 0 Å². The molecule has 0 aliphatic heterocycles. The summed E-state index contributed by atoms with van der Waals surface area (Å²) in [6, 6.07) is 1.85. The summed E-state index contributed by atoms with van der Waals surface area (Å²) in [5.41, 5.74) is 0.206. The Kier molecular flexibility index (Phi) is 2.38. The Hall–Kier alpha value is -1.45. The summed E-state index contributed by atoms with van der Waals surface area (Å²) in [5.74, 6) is -3.11. The smallest absolute Gasteiger partial charge is 0.187 e. The van der Waals surface area contributed by atoms with Gasteiger partial charge in [0.05, 0.1) is 0 Å². The minimum atomic E-state index is -1.05. The number of benzene rings is 1. The van der Waals surface area contributed by atoms with Crippen molar-refractivity contribution < 1.29 is 18.7 Å². The number of carbonyl (C=O) groups is 1. The highest BCUT2D eigenvalue weighted by atomic mass is 19.1. The van der Waals surface area contributed by atoms with Crippen LogP contribution in [0.15, 0.2) is 12.1 Å². The van der Waals surface area contributed by atoms with E-state index in [1.165, 1.54) is 0 Å². The van der Waals surface area contributed by atoms with Crippen molar-refractivity contribution in [2.75, 3.05) is 0 Å². The summed E-state index contributed by atoms with van der Waals surface area (Å²) in [4.78, 5) is 9.97. The summed E-state index contributed by atoms with van der Waals surface area (Å²) in [6.07, 6.45) is 0.472. The molecule has 1 aromatic carbocycles. The molecule has 0 saturated carbocycles. The summed E-state index contributed by atoms with van der Waals surface area (Å²) >= 11 is 0. The molecule has 2 nitrogen and oxygen atoms in total. The first kappa shape index (κ1) is 8.64. The highest BCUT2D eigenvalue weighted by Crippen LogP contribution is 2.21. The number of carbonyl (C=O) groups excluding carboxylic acids is 1. The van der Waals surface area contributed by atoms with E-state index in [0.717, 1.165) is 12.1 Å². The van der Waals surface area contributed by atoms with Crippen molar-refractivity contribution in [2.45, 2.75) is 6.42 Å². The molecule has 64 valence electrons. The molecule has 0 aliphatic carbocycles. The predicted octanol–water partition coefficient (Wildman–Crippen LogP) is 1.41. The van der Waals surface area contributed by atoms with Crippen molar-refractivity contribution in [1.82, 2.24) is 0 Å². The van der Waals surface area contributed by atoms with Gasteiger partial charge in [-0.2, -0.15) is 0 Å². The molecule has 1 rings (SSSR count). The van der Waals surface area contributed by atoms with Gasteiger partial charge in [-0.15, -0.1) is 0 Å². The predicted molar refractivity (Wildman–Crippen MR) is 37.8 cm³/mol. The minimum absolute atomic E-state index is 0.0614. The van der Waals surface area contributed by atoms with Gasteiger partial charge in [0, 0.05) is 6.42 Å². The van der Waals surface area contributed by atoms with Crippen LogP contribution in [0.3, 0.4) is 0 Å². The van der Waals surface area contributed by atoms with Gasteiger partial charge < -0.3 is 9.90 Å². The van der Waals surface area contributed by atoms with Gasteiger partial charge in [-0.1, -0.05) is 0 Å². The fraction of sp³-hybridized carbons (Fsp3) is 0.125. The van der Waals surface area contributed by atoms with Crippen LogP contribution in [0, 0.1) is 11.6 Å². The summed E-state index contributed by atoms with van der Waals surface area (Å²) in [6.45, 7) is 0. The second kappa shape index (κ2) is 3.30. The van der Waals surface area contributed by atoms with Crippen molar-refractivity contribution >= 4 is 6.29 Å². The zero-order valence-corrected chi connectivity index (χ0v) is 6.05. The van der Waals surface area contributed by atoms with Gasteiger partial charge in [0.1, 0.15) is 6.29 Å². The molecular weight excluding hydrogens is 166 g/mol. The van der Waals surface area contributed by atoms with Crippen LogP contribution < -0.4 is 0 Å². The van der Waals surface area contributed by atoms with E-state index in [4.69, 9.17) is 5.11 Å². The number of phenolic OH excluding ortho intramolecular Hbond substituents is 1. The number of hydrogen-bond acceptors (Lipinski definition) is 2. The molecule has 0 radical (unpaired) electrons. The SMILES string of the molecule is O=CCc1cc(F)c(O)c(F)c1. The van der Waals surface area contributed by atoms with Gasteiger partial charge in [0.25, 0.3) is 0 Å². The van der Waals surface area contributed by atoms with Gasteiger partial charge in [-0.25, -0.2) is 8.78 Å². The first-order valence-corrected chi connectivity index (χ1v) is 3.25. The van der Waals surface area contributed by atoms with Crippen molar-refractivity contribution in [3.05, 3.63) is 29.3 Å². The number of halogens is 2. The van der Waals surface area contributed by atoms with Crippen molar-refractivity contribution in [3.8, 4) is 5.75 Å². The summed E-state index contributed by atoms with van der Waals surface area (Å²) < 4.78 is 25.1. The molecule has 4 heteroatoms. The van der Waals surface area contributed by atoms with E-state index in [9.17, 15) is 13.6 Å². The van der Waals surface area contributed by atoms with E-state index >= 15 is 0 Å². The molecule has 0 bridgehead atoms. The van der Waals surface area contributed by atoms with Gasteiger partial charge in [0.15, 0.2) is 17.4 Å². The zero-order chi connectivity index (χ0) is 9.14. The second-order valence-corrected chi connectivity index (χ2v) is 2.28. The van der Waals surface area contributed by atoms with Gasteiger partial charge in [0.2, 0.25) is 0 Å². The molecule has 1 N–H and O–H groups in total. The standard InChI is InChI=1S/C8H6F2O2/c9-6-3-5(1-2-11)4-7(10)8(6)12/h2-4,12H,1H2. The van der Waals surface area contributed by atoms with Crippen molar-refractivity contribution in [3.63, 3.8) is 0 Å². The topological polar surface area (TPSA) is 37.3 Å². The third kappa shape index (κ3) is 1.58. The fourth-order valence-electron chi connectivity index (χ4n) is 0.832. The molecule has 0 heterocycles. The van der Waals surface area contributed by atoms with Crippen LogP contribution in [-0.4, -0.2) is 11.4 Å². The molecular formula is C8H6F2O2. The van der Waals surface area contributed by atoms with E-state index in [1.54, 1.807) is 0 Å². The maximum atomic E-state index is 12.6. The maximum Gasteiger partial charge on any atom is 0.187 e. The van der Waals surface area contributed by atoms with E-state index in [2.05, 4.69) is 0 Å². The molecule has 0 amide bonds. The lowest BCUT2D eigenvalue weighted by Crippen LogP contribution is -1.90. The van der Waals surface area contributed by atoms with Gasteiger partial charge >= 0.3 is 0 Å². The monoisotopic (exact) mass is 172 g/mol. The number of rotatable bonds is 2. The van der Waals surface area contributed by atoms with Gasteiger partial charge in [-0.05, 0) is 17.7 Å². The molecule has 0 spiro atoms. The zero-order valence-electron chi connectivity index (χ0n) is 6.05. The Morgan fingerprint density at radius 2 is 1.83 bits per heavy atom. The Labute approximate surface area is 67.4 Å². The summed E-state index contributed by atoms with van der Waals surface area (Å²) in [7, 11) is 0. The lowest BCUT2D eigenvalue weighted by atomic mass is 10.1. The number of hydrogen-bond donors (Lipinski definition) is 1. The molecule has 1 aromatic rings. The van der Waals surface area contributed by atoms with E-state index < -0.39 is 17.4 Å². The lowest BCUT2D eigenvalue weighted by Gasteiger charge is -1.99. The first-order chi connectivity index (χ1) is 5.65. The third-order valence-corrected chi connectivity index (χ3v) is 1.40.